The van der Waals surface area contributed by atoms with Crippen molar-refractivity contribution in [1.29, 1.82) is 0 Å². The van der Waals surface area contributed by atoms with Crippen molar-refractivity contribution in [3.05, 3.63) is 48.3 Å². The molecule has 0 spiro atoms. The summed E-state index contributed by atoms with van der Waals surface area (Å²) in [6.45, 7) is 2.98. The molecule has 0 amide bonds. The van der Waals surface area contributed by atoms with Crippen LogP contribution in [-0.4, -0.2) is 21.1 Å². The van der Waals surface area contributed by atoms with Gasteiger partial charge in [0, 0.05) is 43.3 Å². The lowest BCUT2D eigenvalue weighted by Gasteiger charge is -2.08. The molecule has 1 fully saturated rings. The molecule has 0 aromatic carbocycles. The van der Waals surface area contributed by atoms with E-state index in [4.69, 9.17) is 0 Å². The largest absolute Gasteiger partial charge is 0.334 e. The second-order valence-corrected chi connectivity index (χ2v) is 5.18. The number of rotatable bonds is 7. The average molecular weight is 256 g/mol. The topological polar surface area (TPSA) is 42.7 Å². The van der Waals surface area contributed by atoms with E-state index in [1.54, 1.807) is 0 Å². The maximum absolute atomic E-state index is 4.26. The summed E-state index contributed by atoms with van der Waals surface area (Å²) in [4.78, 5) is 8.37. The fourth-order valence-corrected chi connectivity index (χ4v) is 2.35. The Hall–Kier alpha value is -1.68. The summed E-state index contributed by atoms with van der Waals surface area (Å²) in [5, 5.41) is 3.45. The van der Waals surface area contributed by atoms with Gasteiger partial charge >= 0.3 is 0 Å². The molecule has 2 aromatic rings. The first-order valence-electron chi connectivity index (χ1n) is 7.03. The Morgan fingerprint density at radius 3 is 3.00 bits per heavy atom. The van der Waals surface area contributed by atoms with Gasteiger partial charge in [0.25, 0.3) is 0 Å². The quantitative estimate of drug-likeness (QED) is 0.773. The van der Waals surface area contributed by atoms with Crippen LogP contribution in [0.4, 0.5) is 0 Å². The van der Waals surface area contributed by atoms with Gasteiger partial charge < -0.3 is 9.88 Å². The third kappa shape index (κ3) is 3.41. The van der Waals surface area contributed by atoms with Crippen LogP contribution in [0.15, 0.2) is 37.1 Å². The van der Waals surface area contributed by atoms with Crippen LogP contribution in [-0.2, 0) is 13.1 Å². The van der Waals surface area contributed by atoms with Crippen LogP contribution in [0, 0.1) is 0 Å². The minimum atomic E-state index is 0.783. The molecular weight excluding hydrogens is 236 g/mol. The van der Waals surface area contributed by atoms with Crippen LogP contribution in [0.1, 0.15) is 36.4 Å². The number of nitrogens with one attached hydrogen (secondary N) is 1. The fraction of sp³-hybridized carbons (Fsp3) is 0.467. The predicted molar refractivity (Wildman–Crippen MR) is 74.8 cm³/mol. The monoisotopic (exact) mass is 256 g/mol. The Labute approximate surface area is 113 Å². The highest BCUT2D eigenvalue weighted by atomic mass is 15.1. The van der Waals surface area contributed by atoms with Gasteiger partial charge in [-0.3, -0.25) is 4.98 Å². The predicted octanol–water partition coefficient (Wildman–Crippen LogP) is 2.34. The Kier molecular flexibility index (Phi) is 3.89. The summed E-state index contributed by atoms with van der Waals surface area (Å²) < 4.78 is 2.31. The van der Waals surface area contributed by atoms with E-state index in [0.717, 1.165) is 32.0 Å². The molecular formula is C15H20N4. The fourth-order valence-electron chi connectivity index (χ4n) is 2.35. The molecule has 0 aliphatic heterocycles. The smallest absolute Gasteiger partial charge is 0.0948 e. The molecule has 1 N–H and O–H groups in total. The van der Waals surface area contributed by atoms with E-state index < -0.39 is 0 Å². The highest BCUT2D eigenvalue weighted by Crippen LogP contribution is 2.39. The molecule has 0 radical (unpaired) electrons. The molecule has 0 atom stereocenters. The van der Waals surface area contributed by atoms with Gasteiger partial charge in [0.15, 0.2) is 0 Å². The van der Waals surface area contributed by atoms with E-state index in [1.807, 2.05) is 31.0 Å². The summed E-state index contributed by atoms with van der Waals surface area (Å²) in [7, 11) is 0. The van der Waals surface area contributed by atoms with Crippen molar-refractivity contribution in [2.75, 3.05) is 6.54 Å². The zero-order valence-corrected chi connectivity index (χ0v) is 11.1. The minimum absolute atomic E-state index is 0.783. The number of aryl methyl sites for hydroxylation is 1. The lowest BCUT2D eigenvalue weighted by molar-refractivity contribution is 0.568. The highest BCUT2D eigenvalue weighted by molar-refractivity contribution is 5.12. The Morgan fingerprint density at radius 2 is 2.21 bits per heavy atom. The van der Waals surface area contributed by atoms with Crippen LogP contribution in [0.25, 0.3) is 0 Å². The van der Waals surface area contributed by atoms with Gasteiger partial charge in [-0.2, -0.15) is 0 Å². The van der Waals surface area contributed by atoms with Crippen molar-refractivity contribution in [3.63, 3.8) is 0 Å². The minimum Gasteiger partial charge on any atom is -0.334 e. The van der Waals surface area contributed by atoms with Crippen molar-refractivity contribution >= 4 is 0 Å². The van der Waals surface area contributed by atoms with Crippen molar-refractivity contribution in [3.8, 4) is 0 Å². The maximum Gasteiger partial charge on any atom is 0.0948 e. The Morgan fingerprint density at radius 1 is 1.26 bits per heavy atom. The number of imidazole rings is 1. The third-order valence-electron chi connectivity index (χ3n) is 3.54. The van der Waals surface area contributed by atoms with E-state index in [2.05, 4.69) is 25.9 Å². The number of hydrogen-bond acceptors (Lipinski definition) is 3. The van der Waals surface area contributed by atoms with Gasteiger partial charge in [-0.05, 0) is 37.4 Å². The van der Waals surface area contributed by atoms with Gasteiger partial charge in [-0.25, -0.2) is 4.98 Å². The second kappa shape index (κ2) is 5.97. The third-order valence-corrected chi connectivity index (χ3v) is 3.54. The number of pyridine rings is 1. The Balaban J connectivity index is 1.38. The van der Waals surface area contributed by atoms with E-state index in [-0.39, 0.29) is 0 Å². The van der Waals surface area contributed by atoms with Crippen molar-refractivity contribution < 1.29 is 0 Å². The molecule has 2 heterocycles. The molecule has 0 saturated heterocycles. The first-order valence-corrected chi connectivity index (χ1v) is 7.03. The second-order valence-electron chi connectivity index (χ2n) is 5.18. The summed E-state index contributed by atoms with van der Waals surface area (Å²) in [5.41, 5.74) is 2.66. The van der Waals surface area contributed by atoms with Crippen molar-refractivity contribution in [2.45, 2.75) is 38.3 Å². The molecule has 3 rings (SSSR count). The number of nitrogens with zero attached hydrogens (tertiary/aromatic N) is 3. The average Bonchev–Trinajstić information content (AvgIpc) is 3.19. The van der Waals surface area contributed by atoms with E-state index in [1.165, 1.54) is 24.1 Å². The molecule has 19 heavy (non-hydrogen) atoms. The van der Waals surface area contributed by atoms with E-state index in [0.29, 0.717) is 0 Å². The lowest BCUT2D eigenvalue weighted by Crippen LogP contribution is -2.16. The maximum atomic E-state index is 4.26. The molecule has 0 unspecified atom stereocenters. The lowest BCUT2D eigenvalue weighted by atomic mass is 10.3. The standard InChI is InChI=1S/C15H20N4/c1-3-13(9-16-6-1)10-17-7-2-8-19-12-18-11-15(19)14-4-5-14/h1,3,6,9,11-12,14,17H,2,4-5,7-8,10H2. The van der Waals surface area contributed by atoms with E-state index in [9.17, 15) is 0 Å². The Bertz CT molecular complexity index is 502. The van der Waals surface area contributed by atoms with Crippen LogP contribution in [0.5, 0.6) is 0 Å². The molecule has 2 aromatic heterocycles. The first-order chi connectivity index (χ1) is 9.43. The molecule has 4 nitrogen and oxygen atoms in total. The molecule has 0 bridgehead atoms. The van der Waals surface area contributed by atoms with Crippen molar-refractivity contribution in [2.24, 2.45) is 0 Å². The van der Waals surface area contributed by atoms with Crippen LogP contribution in [0.2, 0.25) is 0 Å². The molecule has 4 heteroatoms. The van der Waals surface area contributed by atoms with Crippen LogP contribution >= 0.6 is 0 Å². The molecule has 1 saturated carbocycles. The zero-order chi connectivity index (χ0) is 12.9. The molecule has 100 valence electrons. The first kappa shape index (κ1) is 12.4. The number of aromatic nitrogens is 3. The van der Waals surface area contributed by atoms with Gasteiger partial charge in [-0.1, -0.05) is 6.07 Å². The summed E-state index contributed by atoms with van der Waals surface area (Å²) in [6, 6.07) is 4.07. The zero-order valence-electron chi connectivity index (χ0n) is 11.1. The van der Waals surface area contributed by atoms with E-state index >= 15 is 0 Å². The van der Waals surface area contributed by atoms with Gasteiger partial charge in [0.2, 0.25) is 0 Å². The van der Waals surface area contributed by atoms with Gasteiger partial charge in [-0.15, -0.1) is 0 Å². The van der Waals surface area contributed by atoms with Crippen LogP contribution < -0.4 is 5.32 Å². The summed E-state index contributed by atoms with van der Waals surface area (Å²) in [6.07, 6.45) is 11.5. The summed E-state index contributed by atoms with van der Waals surface area (Å²) in [5.74, 6) is 0.783. The SMILES string of the molecule is c1cncc(CNCCCn2cncc2C2CC2)c1. The molecule has 1 aliphatic carbocycles. The number of hydrogen-bond donors (Lipinski definition) is 1. The van der Waals surface area contributed by atoms with Crippen LogP contribution in [0.3, 0.4) is 0 Å². The highest BCUT2D eigenvalue weighted by Gasteiger charge is 2.26. The summed E-state index contributed by atoms with van der Waals surface area (Å²) >= 11 is 0. The van der Waals surface area contributed by atoms with Gasteiger partial charge in [0.05, 0.1) is 6.33 Å². The normalized spacial score (nSPS) is 14.7. The molecule has 1 aliphatic rings. The van der Waals surface area contributed by atoms with Gasteiger partial charge in [0.1, 0.15) is 0 Å². The van der Waals surface area contributed by atoms with Crippen molar-refractivity contribution in [1.82, 2.24) is 19.9 Å².